The van der Waals surface area contributed by atoms with Crippen molar-refractivity contribution in [3.63, 3.8) is 0 Å². The number of hydrogen-bond acceptors (Lipinski definition) is 3. The van der Waals surface area contributed by atoms with E-state index in [0.29, 0.717) is 36.5 Å². The Balaban J connectivity index is 1.71. The lowest BCUT2D eigenvalue weighted by Crippen LogP contribution is -2.49. The Hall–Kier alpha value is -2.40. The van der Waals surface area contributed by atoms with Gasteiger partial charge in [0.1, 0.15) is 5.82 Å². The third-order valence-corrected chi connectivity index (χ3v) is 4.18. The quantitative estimate of drug-likeness (QED) is 0.934. The zero-order chi connectivity index (χ0) is 17.1. The summed E-state index contributed by atoms with van der Waals surface area (Å²) < 4.78 is 18.8. The Morgan fingerprint density at radius 2 is 1.79 bits per heavy atom. The molecule has 0 aromatic heterocycles. The molecule has 0 saturated carbocycles. The van der Waals surface area contributed by atoms with E-state index in [4.69, 9.17) is 4.74 Å². The summed E-state index contributed by atoms with van der Waals surface area (Å²) in [6, 6.07) is 14.0. The lowest BCUT2D eigenvalue weighted by molar-refractivity contribution is 0.0757. The van der Waals surface area contributed by atoms with Crippen molar-refractivity contribution in [2.24, 2.45) is 0 Å². The van der Waals surface area contributed by atoms with Crippen LogP contribution >= 0.6 is 0 Å². The van der Waals surface area contributed by atoms with E-state index < -0.39 is 5.82 Å². The monoisotopic (exact) mass is 328 g/mol. The van der Waals surface area contributed by atoms with Gasteiger partial charge < -0.3 is 15.0 Å². The molecule has 4 nitrogen and oxygen atoms in total. The normalized spacial score (nSPS) is 20.7. The second-order valence-corrected chi connectivity index (χ2v) is 6.15. The Bertz CT molecular complexity index is 708. The van der Waals surface area contributed by atoms with Gasteiger partial charge in [-0.25, -0.2) is 4.39 Å². The SMILES string of the molecule is CC1COCC(C)N1c1ccc(NC(=O)c2cccc(F)c2)cc1. The fourth-order valence-corrected chi connectivity index (χ4v) is 3.06. The van der Waals surface area contributed by atoms with E-state index in [1.807, 2.05) is 24.3 Å². The molecule has 2 atom stereocenters. The molecule has 0 bridgehead atoms. The lowest BCUT2D eigenvalue weighted by Gasteiger charge is -2.40. The first-order valence-electron chi connectivity index (χ1n) is 8.07. The van der Waals surface area contributed by atoms with Crippen molar-refractivity contribution in [3.8, 4) is 0 Å². The number of ether oxygens (including phenoxy) is 1. The number of amides is 1. The van der Waals surface area contributed by atoms with Crippen LogP contribution in [0.5, 0.6) is 0 Å². The number of nitrogens with zero attached hydrogens (tertiary/aromatic N) is 1. The summed E-state index contributed by atoms with van der Waals surface area (Å²) in [6.45, 7) is 5.69. The molecule has 1 fully saturated rings. The van der Waals surface area contributed by atoms with Gasteiger partial charge in [-0.15, -0.1) is 0 Å². The lowest BCUT2D eigenvalue weighted by atomic mass is 10.1. The summed E-state index contributed by atoms with van der Waals surface area (Å²) in [5, 5.41) is 2.79. The molecule has 1 heterocycles. The van der Waals surface area contributed by atoms with Gasteiger partial charge in [0.25, 0.3) is 5.91 Å². The summed E-state index contributed by atoms with van der Waals surface area (Å²) in [4.78, 5) is 14.5. The molecule has 1 aliphatic heterocycles. The fraction of sp³-hybridized carbons (Fsp3) is 0.316. The first-order valence-corrected chi connectivity index (χ1v) is 8.07. The second-order valence-electron chi connectivity index (χ2n) is 6.15. The van der Waals surface area contributed by atoms with Gasteiger partial charge in [0.05, 0.1) is 13.2 Å². The zero-order valence-corrected chi connectivity index (χ0v) is 13.8. The van der Waals surface area contributed by atoms with Crippen LogP contribution in [0.15, 0.2) is 48.5 Å². The van der Waals surface area contributed by atoms with Crippen LogP contribution in [-0.2, 0) is 4.74 Å². The van der Waals surface area contributed by atoms with Gasteiger partial charge in [0, 0.05) is 29.0 Å². The van der Waals surface area contributed by atoms with Crippen LogP contribution in [0.2, 0.25) is 0 Å². The largest absolute Gasteiger partial charge is 0.377 e. The molecule has 1 amide bonds. The molecule has 126 valence electrons. The minimum atomic E-state index is -0.423. The fourth-order valence-electron chi connectivity index (χ4n) is 3.06. The van der Waals surface area contributed by atoms with Gasteiger partial charge in [-0.1, -0.05) is 6.07 Å². The highest BCUT2D eigenvalue weighted by Crippen LogP contribution is 2.25. The number of carbonyl (C=O) groups excluding carboxylic acids is 1. The van der Waals surface area contributed by atoms with Gasteiger partial charge in [-0.2, -0.15) is 0 Å². The molecule has 2 unspecified atom stereocenters. The number of morpholine rings is 1. The van der Waals surface area contributed by atoms with Crippen LogP contribution in [0.1, 0.15) is 24.2 Å². The Morgan fingerprint density at radius 1 is 1.12 bits per heavy atom. The minimum absolute atomic E-state index is 0.300. The van der Waals surface area contributed by atoms with Crippen molar-refractivity contribution in [2.45, 2.75) is 25.9 Å². The van der Waals surface area contributed by atoms with E-state index in [1.165, 1.54) is 18.2 Å². The zero-order valence-electron chi connectivity index (χ0n) is 13.8. The first-order chi connectivity index (χ1) is 11.5. The van der Waals surface area contributed by atoms with Crippen LogP contribution in [0, 0.1) is 5.82 Å². The van der Waals surface area contributed by atoms with Crippen LogP contribution < -0.4 is 10.2 Å². The molecule has 1 N–H and O–H groups in total. The predicted octanol–water partition coefficient (Wildman–Crippen LogP) is 3.69. The van der Waals surface area contributed by atoms with E-state index in [-0.39, 0.29) is 5.91 Å². The number of rotatable bonds is 3. The van der Waals surface area contributed by atoms with Crippen LogP contribution in [0.3, 0.4) is 0 Å². The van der Waals surface area contributed by atoms with Gasteiger partial charge in [0.2, 0.25) is 0 Å². The molecule has 0 spiro atoms. The number of anilines is 2. The molecule has 0 aliphatic carbocycles. The van der Waals surface area contributed by atoms with Gasteiger partial charge in [-0.05, 0) is 56.3 Å². The first kappa shape index (κ1) is 16.5. The molecule has 3 rings (SSSR count). The van der Waals surface area contributed by atoms with Crippen molar-refractivity contribution < 1.29 is 13.9 Å². The topological polar surface area (TPSA) is 41.6 Å². The third kappa shape index (κ3) is 3.57. The Morgan fingerprint density at radius 3 is 2.42 bits per heavy atom. The highest BCUT2D eigenvalue weighted by Gasteiger charge is 2.25. The van der Waals surface area contributed by atoms with Crippen molar-refractivity contribution in [1.82, 2.24) is 0 Å². The van der Waals surface area contributed by atoms with Crippen LogP contribution in [0.25, 0.3) is 0 Å². The summed E-state index contributed by atoms with van der Waals surface area (Å²) in [5.41, 5.74) is 2.08. The van der Waals surface area contributed by atoms with Gasteiger partial charge in [-0.3, -0.25) is 4.79 Å². The Labute approximate surface area is 141 Å². The van der Waals surface area contributed by atoms with Gasteiger partial charge in [0.15, 0.2) is 0 Å². The van der Waals surface area contributed by atoms with E-state index in [9.17, 15) is 9.18 Å². The molecule has 1 aliphatic rings. The van der Waals surface area contributed by atoms with Crippen molar-refractivity contribution >= 4 is 17.3 Å². The van der Waals surface area contributed by atoms with Crippen LogP contribution in [-0.4, -0.2) is 31.2 Å². The standard InChI is InChI=1S/C19H21FN2O2/c1-13-11-24-12-14(2)22(13)18-8-6-17(7-9-18)21-19(23)15-4-3-5-16(20)10-15/h3-10,13-14H,11-12H2,1-2H3,(H,21,23). The Kier molecular flexibility index (Phi) is 4.81. The van der Waals surface area contributed by atoms with Crippen molar-refractivity contribution in [1.29, 1.82) is 0 Å². The number of carbonyl (C=O) groups is 1. The molecule has 24 heavy (non-hydrogen) atoms. The second kappa shape index (κ2) is 7.01. The maximum atomic E-state index is 13.2. The van der Waals surface area contributed by atoms with E-state index >= 15 is 0 Å². The average molecular weight is 328 g/mol. The smallest absolute Gasteiger partial charge is 0.255 e. The number of nitrogens with one attached hydrogen (secondary N) is 1. The molecule has 5 heteroatoms. The summed E-state index contributed by atoms with van der Waals surface area (Å²) in [6.07, 6.45) is 0. The number of benzene rings is 2. The van der Waals surface area contributed by atoms with Crippen molar-refractivity contribution in [2.75, 3.05) is 23.4 Å². The highest BCUT2D eigenvalue weighted by molar-refractivity contribution is 6.04. The number of hydrogen-bond donors (Lipinski definition) is 1. The average Bonchev–Trinajstić information content (AvgIpc) is 2.56. The van der Waals surface area contributed by atoms with Gasteiger partial charge >= 0.3 is 0 Å². The third-order valence-electron chi connectivity index (χ3n) is 4.18. The maximum absolute atomic E-state index is 13.2. The molecule has 2 aromatic rings. The molecular formula is C19H21FN2O2. The molecular weight excluding hydrogens is 307 g/mol. The van der Waals surface area contributed by atoms with Crippen LogP contribution in [0.4, 0.5) is 15.8 Å². The van der Waals surface area contributed by atoms with E-state index in [2.05, 4.69) is 24.1 Å². The van der Waals surface area contributed by atoms with Crippen molar-refractivity contribution in [3.05, 3.63) is 59.9 Å². The predicted molar refractivity (Wildman–Crippen MR) is 93.0 cm³/mol. The summed E-state index contributed by atoms with van der Waals surface area (Å²) in [5.74, 6) is -0.747. The maximum Gasteiger partial charge on any atom is 0.255 e. The molecule has 2 aromatic carbocycles. The van der Waals surface area contributed by atoms with E-state index in [1.54, 1.807) is 6.07 Å². The number of halogens is 1. The summed E-state index contributed by atoms with van der Waals surface area (Å²) >= 11 is 0. The van der Waals surface area contributed by atoms with E-state index in [0.717, 1.165) is 5.69 Å². The molecule has 1 saturated heterocycles. The summed E-state index contributed by atoms with van der Waals surface area (Å²) in [7, 11) is 0. The molecule has 0 radical (unpaired) electrons. The highest BCUT2D eigenvalue weighted by atomic mass is 19.1. The minimum Gasteiger partial charge on any atom is -0.377 e.